The van der Waals surface area contributed by atoms with Gasteiger partial charge in [0.15, 0.2) is 0 Å². The van der Waals surface area contributed by atoms with E-state index in [1.165, 1.54) is 57.9 Å². The number of likely N-dealkylation sites (N-methyl/N-ethyl adjacent to an activating group) is 2. The van der Waals surface area contributed by atoms with Crippen molar-refractivity contribution in [3.63, 3.8) is 0 Å². The molecule has 0 saturated carbocycles. The Morgan fingerprint density at radius 2 is 1.16 bits per heavy atom. The highest BCUT2D eigenvalue weighted by Gasteiger charge is 2.16. The van der Waals surface area contributed by atoms with E-state index in [1.54, 1.807) is 0 Å². The molecule has 0 aromatic carbocycles. The molecule has 0 heterocycles. The molecule has 0 spiro atoms. The summed E-state index contributed by atoms with van der Waals surface area (Å²) in [5.41, 5.74) is 0. The van der Waals surface area contributed by atoms with Crippen molar-refractivity contribution >= 4 is 0 Å². The molecule has 0 rings (SSSR count). The van der Waals surface area contributed by atoms with E-state index in [9.17, 15) is 0 Å². The summed E-state index contributed by atoms with van der Waals surface area (Å²) in [5, 5.41) is 0. The Bertz CT molecular complexity index is 412. The second kappa shape index (κ2) is 23.9. The van der Waals surface area contributed by atoms with Crippen molar-refractivity contribution in [1.29, 1.82) is 0 Å². The predicted molar refractivity (Wildman–Crippen MR) is 134 cm³/mol. The molecule has 0 aromatic heterocycles. The third kappa shape index (κ3) is 29.3. The smallest absolute Gasteiger partial charge is 0.143 e. The molecule has 0 bridgehead atoms. The normalized spacial score (nSPS) is 10.7. The lowest BCUT2D eigenvalue weighted by Gasteiger charge is -2.30. The summed E-state index contributed by atoms with van der Waals surface area (Å²) in [6.07, 6.45) is 12.6. The summed E-state index contributed by atoms with van der Waals surface area (Å²) in [5.74, 6) is 1.82. The fraction of sp³-hybridized carbons (Fsp3) is 0.846. The maximum absolute atomic E-state index is 5.69. The van der Waals surface area contributed by atoms with Crippen molar-refractivity contribution in [2.75, 3.05) is 61.0 Å². The van der Waals surface area contributed by atoms with E-state index in [1.807, 2.05) is 14.1 Å². The van der Waals surface area contributed by atoms with Crippen LogP contribution in [0.4, 0.5) is 0 Å². The second-order valence-corrected chi connectivity index (χ2v) is 9.30. The van der Waals surface area contributed by atoms with Crippen LogP contribution in [0.15, 0.2) is 24.7 Å². The van der Waals surface area contributed by atoms with Crippen LogP contribution in [0.3, 0.4) is 0 Å². The second-order valence-electron chi connectivity index (χ2n) is 9.30. The fourth-order valence-corrected chi connectivity index (χ4v) is 3.08. The zero-order valence-corrected chi connectivity index (χ0v) is 22.9. The van der Waals surface area contributed by atoms with Gasteiger partial charge in [0.2, 0.25) is 0 Å². The minimum absolute atomic E-state index is 0. The molecular weight excluding hydrogens is 408 g/mol. The molecule has 0 amide bonds. The Kier molecular flexibility index (Phi) is 26.9. The fourth-order valence-electron chi connectivity index (χ4n) is 3.08. The van der Waals surface area contributed by atoms with Crippen LogP contribution in [0, 0.1) is 0 Å². The lowest BCUT2D eigenvalue weighted by Crippen LogP contribution is -3.00. The lowest BCUT2D eigenvalue weighted by atomic mass is 10.2. The van der Waals surface area contributed by atoms with Gasteiger partial charge in [0.1, 0.15) is 18.1 Å². The molecule has 0 unspecified atom stereocenters. The molecule has 0 saturated heterocycles. The third-order valence-electron chi connectivity index (χ3n) is 4.82. The van der Waals surface area contributed by atoms with Crippen molar-refractivity contribution in [3.8, 4) is 0 Å². The van der Waals surface area contributed by atoms with Gasteiger partial charge in [-0.1, -0.05) is 78.9 Å². The lowest BCUT2D eigenvalue weighted by molar-refractivity contribution is -0.887. The molecule has 0 aromatic rings. The topological polar surface area (TPSA) is 21.7 Å². The highest BCUT2D eigenvalue weighted by Crippen LogP contribution is 2.08. The summed E-state index contributed by atoms with van der Waals surface area (Å²) in [6, 6.07) is 0. The van der Waals surface area contributed by atoms with Crippen LogP contribution in [0.2, 0.25) is 0 Å². The summed E-state index contributed by atoms with van der Waals surface area (Å²) in [6.45, 7) is 19.2. The van der Waals surface area contributed by atoms with Crippen LogP contribution in [0.25, 0.3) is 0 Å². The number of hydrogen-bond donors (Lipinski definition) is 0. The van der Waals surface area contributed by atoms with Gasteiger partial charge in [0.25, 0.3) is 0 Å². The van der Waals surface area contributed by atoms with Crippen molar-refractivity contribution in [3.05, 3.63) is 24.7 Å². The number of quaternary nitrogens is 1. The van der Waals surface area contributed by atoms with Crippen molar-refractivity contribution < 1.29 is 26.4 Å². The summed E-state index contributed by atoms with van der Waals surface area (Å²) in [7, 11) is 8.54. The zero-order valence-electron chi connectivity index (χ0n) is 22.1. The van der Waals surface area contributed by atoms with Gasteiger partial charge in [-0.25, -0.2) is 0 Å². The summed E-state index contributed by atoms with van der Waals surface area (Å²) in [4.78, 5) is 2.06. The summed E-state index contributed by atoms with van der Waals surface area (Å²) >= 11 is 0. The zero-order chi connectivity index (χ0) is 23.3. The minimum Gasteiger partial charge on any atom is -1.00 e. The first kappa shape index (κ1) is 34.9. The van der Waals surface area contributed by atoms with E-state index in [2.05, 4.69) is 52.9 Å². The highest BCUT2D eigenvalue weighted by atomic mass is 35.5. The number of halogens is 1. The molecular formula is C26H55ClN2O2. The molecule has 0 aliphatic carbocycles. The minimum atomic E-state index is 0. The molecule has 0 aliphatic heterocycles. The molecule has 4 nitrogen and oxygen atoms in total. The average Bonchev–Trinajstić information content (AvgIpc) is 2.65. The third-order valence-corrected chi connectivity index (χ3v) is 4.82. The molecule has 0 N–H and O–H groups in total. The van der Waals surface area contributed by atoms with Gasteiger partial charge in [0, 0.05) is 0 Å². The van der Waals surface area contributed by atoms with Gasteiger partial charge < -0.3 is 31.3 Å². The van der Waals surface area contributed by atoms with Crippen LogP contribution in [-0.2, 0) is 9.47 Å². The molecule has 5 heteroatoms. The standard InChI is InChI=1S/C15H32NO.C11H23NO.ClH/c1-6-8-10-11-13-17-15(3)14-16(4,5)12-9-7-2;1-5-6-7-8-9-13-11(2)10-12(3)4;/h3,6-14H2,1-2,4-5H3;2,5-10H2,1,3-4H3;1H/q+1;;/p-1. The van der Waals surface area contributed by atoms with Gasteiger partial charge in [0.05, 0.1) is 40.4 Å². The average molecular weight is 463 g/mol. The molecule has 0 aliphatic rings. The largest absolute Gasteiger partial charge is 1.00 e. The Morgan fingerprint density at radius 3 is 1.58 bits per heavy atom. The van der Waals surface area contributed by atoms with Gasteiger partial charge in [-0.05, 0) is 33.4 Å². The van der Waals surface area contributed by atoms with Crippen molar-refractivity contribution in [2.45, 2.75) is 85.0 Å². The Labute approximate surface area is 202 Å². The number of hydrogen-bond acceptors (Lipinski definition) is 3. The van der Waals surface area contributed by atoms with Gasteiger partial charge in [-0.15, -0.1) is 0 Å². The molecule has 188 valence electrons. The predicted octanol–water partition coefficient (Wildman–Crippen LogP) is 3.64. The molecule has 0 fully saturated rings. The Hall–Kier alpha value is -0.710. The van der Waals surface area contributed by atoms with Crippen molar-refractivity contribution in [1.82, 2.24) is 4.90 Å². The van der Waals surface area contributed by atoms with Crippen LogP contribution >= 0.6 is 0 Å². The highest BCUT2D eigenvalue weighted by molar-refractivity contribution is 4.84. The van der Waals surface area contributed by atoms with E-state index in [0.29, 0.717) is 0 Å². The first-order valence-corrected chi connectivity index (χ1v) is 12.3. The molecule has 0 radical (unpaired) electrons. The Morgan fingerprint density at radius 1 is 0.710 bits per heavy atom. The van der Waals surface area contributed by atoms with E-state index in [4.69, 9.17) is 9.47 Å². The quantitative estimate of drug-likeness (QED) is 0.166. The summed E-state index contributed by atoms with van der Waals surface area (Å²) < 4.78 is 12.1. The van der Waals surface area contributed by atoms with E-state index in [-0.39, 0.29) is 12.4 Å². The molecule has 0 atom stereocenters. The van der Waals surface area contributed by atoms with Crippen LogP contribution < -0.4 is 12.4 Å². The Balaban J connectivity index is -0.000000507. The van der Waals surface area contributed by atoms with Crippen LogP contribution in [0.1, 0.15) is 85.0 Å². The molecule has 31 heavy (non-hydrogen) atoms. The van der Waals surface area contributed by atoms with E-state index >= 15 is 0 Å². The van der Waals surface area contributed by atoms with Gasteiger partial charge in [-0.2, -0.15) is 0 Å². The first-order valence-electron chi connectivity index (χ1n) is 12.3. The monoisotopic (exact) mass is 462 g/mol. The van der Waals surface area contributed by atoms with Gasteiger partial charge >= 0.3 is 0 Å². The van der Waals surface area contributed by atoms with E-state index in [0.717, 1.165) is 55.1 Å². The maximum Gasteiger partial charge on any atom is 0.143 e. The SMILES string of the molecule is C=C(CN(C)C)OCCCCCC.C=C(C[N+](C)(C)CCCC)OCCCCCC.[Cl-]. The number of nitrogens with zero attached hydrogens (tertiary/aromatic N) is 2. The van der Waals surface area contributed by atoms with Gasteiger partial charge in [-0.3, -0.25) is 0 Å². The van der Waals surface area contributed by atoms with Crippen LogP contribution in [-0.4, -0.2) is 70.4 Å². The number of unbranched alkanes of at least 4 members (excludes halogenated alkanes) is 7. The van der Waals surface area contributed by atoms with Crippen molar-refractivity contribution in [2.24, 2.45) is 0 Å². The van der Waals surface area contributed by atoms with Crippen LogP contribution in [0.5, 0.6) is 0 Å². The van der Waals surface area contributed by atoms with E-state index < -0.39 is 0 Å². The maximum atomic E-state index is 5.69. The first-order chi connectivity index (χ1) is 14.2. The number of ether oxygens (including phenoxy) is 2. The number of rotatable bonds is 19.